The molecule has 4 N–H and O–H groups in total. The Hall–Kier alpha value is -2.48. The van der Waals surface area contributed by atoms with Gasteiger partial charge in [0.1, 0.15) is 17.6 Å². The zero-order valence-electron chi connectivity index (χ0n) is 13.3. The van der Waals surface area contributed by atoms with E-state index in [-0.39, 0.29) is 6.16 Å². The van der Waals surface area contributed by atoms with Crippen molar-refractivity contribution in [1.82, 2.24) is 19.5 Å². The molecule has 1 aromatic carbocycles. The van der Waals surface area contributed by atoms with E-state index in [1.807, 2.05) is 4.57 Å². The molecule has 0 spiro atoms. The molecule has 0 aliphatic carbocycles. The fourth-order valence-electron chi connectivity index (χ4n) is 2.42. The smallest absolute Gasteiger partial charge is 0.329 e. The number of fused-ring (bicyclic) bond motifs is 1. The number of aryl methyl sites for hydroxylation is 1. The quantitative estimate of drug-likeness (QED) is 0.425. The van der Waals surface area contributed by atoms with E-state index < -0.39 is 7.60 Å². The third-order valence-electron chi connectivity index (χ3n) is 3.55. The summed E-state index contributed by atoms with van der Waals surface area (Å²) in [6.07, 6.45) is 3.55. The summed E-state index contributed by atoms with van der Waals surface area (Å²) in [6.45, 7) is 1.15. The van der Waals surface area contributed by atoms with E-state index in [2.05, 4.69) is 15.0 Å². The summed E-state index contributed by atoms with van der Waals surface area (Å²) < 4.78 is 18.5. The first-order valence-corrected chi connectivity index (χ1v) is 9.40. The highest BCUT2D eigenvalue weighted by Gasteiger charge is 2.13. The summed E-state index contributed by atoms with van der Waals surface area (Å²) in [5, 5.41) is 0. The summed E-state index contributed by atoms with van der Waals surface area (Å²) in [4.78, 5) is 30.2. The standard InChI is InChI=1S/C15H18N5O4P/c16-14-13-15(18-9-17-14)20(10-19-13)6-1-7-24-12-4-2-11(3-5-12)8-25(21,22)23/h2-5,9-10H,1,6-8H2,(H2,16,17,18)(H2,21,22,23). The van der Waals surface area contributed by atoms with Crippen LogP contribution in [0.2, 0.25) is 0 Å². The van der Waals surface area contributed by atoms with Crippen molar-refractivity contribution in [2.45, 2.75) is 19.1 Å². The van der Waals surface area contributed by atoms with Crippen LogP contribution < -0.4 is 10.5 Å². The Morgan fingerprint density at radius 3 is 2.64 bits per heavy atom. The molecule has 0 unspecified atom stereocenters. The Morgan fingerprint density at radius 1 is 1.16 bits per heavy atom. The second-order valence-corrected chi connectivity index (χ2v) is 7.18. The third kappa shape index (κ3) is 4.54. The van der Waals surface area contributed by atoms with E-state index in [9.17, 15) is 4.57 Å². The first kappa shape index (κ1) is 17.3. The van der Waals surface area contributed by atoms with E-state index in [0.717, 1.165) is 6.42 Å². The minimum absolute atomic E-state index is 0.272. The van der Waals surface area contributed by atoms with E-state index in [1.165, 1.54) is 6.33 Å². The lowest BCUT2D eigenvalue weighted by Gasteiger charge is -2.08. The molecule has 25 heavy (non-hydrogen) atoms. The minimum Gasteiger partial charge on any atom is -0.494 e. The SMILES string of the molecule is Nc1ncnc2c1ncn2CCCOc1ccc(CP(=O)(O)O)cc1. The average molecular weight is 363 g/mol. The van der Waals surface area contributed by atoms with E-state index in [1.54, 1.807) is 30.6 Å². The highest BCUT2D eigenvalue weighted by atomic mass is 31.2. The Bertz CT molecular complexity index is 906. The largest absolute Gasteiger partial charge is 0.494 e. The van der Waals surface area contributed by atoms with Crippen LogP contribution in [-0.4, -0.2) is 35.9 Å². The normalized spacial score (nSPS) is 11.8. The predicted molar refractivity (Wildman–Crippen MR) is 92.0 cm³/mol. The van der Waals surface area contributed by atoms with Crippen LogP contribution in [0.25, 0.3) is 11.2 Å². The van der Waals surface area contributed by atoms with Gasteiger partial charge in [-0.3, -0.25) is 4.57 Å². The summed E-state index contributed by atoms with van der Waals surface area (Å²) in [7, 11) is -4.05. The summed E-state index contributed by atoms with van der Waals surface area (Å²) in [5.74, 6) is 1.01. The number of anilines is 1. The molecule has 3 rings (SSSR count). The van der Waals surface area contributed by atoms with Gasteiger partial charge >= 0.3 is 7.60 Å². The molecule has 9 nitrogen and oxygen atoms in total. The number of ether oxygens (including phenoxy) is 1. The molecule has 0 fully saturated rings. The zero-order valence-corrected chi connectivity index (χ0v) is 14.2. The van der Waals surface area contributed by atoms with E-state index >= 15 is 0 Å². The number of hydrogen-bond acceptors (Lipinski definition) is 6. The molecule has 0 atom stereocenters. The molecule has 10 heteroatoms. The molecule has 0 aliphatic heterocycles. The Labute approximate surface area is 143 Å². The number of nitrogen functional groups attached to an aromatic ring is 1. The number of nitrogens with two attached hydrogens (primary N) is 1. The van der Waals surface area contributed by atoms with E-state index in [4.69, 9.17) is 20.3 Å². The van der Waals surface area contributed by atoms with Gasteiger partial charge in [-0.25, -0.2) is 15.0 Å². The lowest BCUT2D eigenvalue weighted by Crippen LogP contribution is -2.05. The van der Waals surface area contributed by atoms with Gasteiger partial charge in [-0.05, 0) is 24.1 Å². The van der Waals surface area contributed by atoms with Gasteiger partial charge in [-0.1, -0.05) is 12.1 Å². The number of nitrogens with zero attached hydrogens (tertiary/aromatic N) is 4. The lowest BCUT2D eigenvalue weighted by atomic mass is 10.2. The Morgan fingerprint density at radius 2 is 1.92 bits per heavy atom. The highest BCUT2D eigenvalue weighted by Crippen LogP contribution is 2.39. The molecule has 2 aromatic heterocycles. The maximum Gasteiger partial charge on any atom is 0.329 e. The molecule has 0 saturated heterocycles. The molecule has 0 saturated carbocycles. The van der Waals surface area contributed by atoms with Gasteiger partial charge in [0.15, 0.2) is 11.5 Å². The molecule has 2 heterocycles. The maximum absolute atomic E-state index is 11.0. The summed E-state index contributed by atoms with van der Waals surface area (Å²) >= 11 is 0. The van der Waals surface area contributed by atoms with Crippen molar-refractivity contribution >= 4 is 24.6 Å². The Kier molecular flexibility index (Phi) is 4.98. The van der Waals surface area contributed by atoms with Crippen molar-refractivity contribution in [2.75, 3.05) is 12.3 Å². The van der Waals surface area contributed by atoms with Gasteiger partial charge in [0.05, 0.1) is 19.1 Å². The first-order chi connectivity index (χ1) is 11.9. The molecule has 132 valence electrons. The molecule has 3 aromatic rings. The molecule has 0 aliphatic rings. The second-order valence-electron chi connectivity index (χ2n) is 5.54. The second kappa shape index (κ2) is 7.18. The minimum atomic E-state index is -4.05. The molecule has 0 amide bonds. The number of benzene rings is 1. The number of aromatic nitrogens is 4. The topological polar surface area (TPSA) is 136 Å². The molecular formula is C15H18N5O4P. The van der Waals surface area contributed by atoms with Crippen molar-refractivity contribution in [3.63, 3.8) is 0 Å². The van der Waals surface area contributed by atoms with Crippen LogP contribution >= 0.6 is 7.60 Å². The van der Waals surface area contributed by atoms with Gasteiger partial charge in [0.25, 0.3) is 0 Å². The fourth-order valence-corrected chi connectivity index (χ4v) is 3.10. The number of imidazole rings is 1. The number of rotatable bonds is 7. The fraction of sp³-hybridized carbons (Fsp3) is 0.267. The van der Waals surface area contributed by atoms with E-state index in [0.29, 0.717) is 41.4 Å². The maximum atomic E-state index is 11.0. The Balaban J connectivity index is 1.51. The van der Waals surface area contributed by atoms with Crippen LogP contribution in [-0.2, 0) is 17.3 Å². The van der Waals surface area contributed by atoms with Crippen LogP contribution in [0.1, 0.15) is 12.0 Å². The van der Waals surface area contributed by atoms with Crippen molar-refractivity contribution in [1.29, 1.82) is 0 Å². The third-order valence-corrected chi connectivity index (χ3v) is 4.33. The molecule has 0 radical (unpaired) electrons. The predicted octanol–water partition coefficient (Wildman–Crippen LogP) is 1.56. The number of hydrogen-bond donors (Lipinski definition) is 3. The lowest BCUT2D eigenvalue weighted by molar-refractivity contribution is 0.302. The van der Waals surface area contributed by atoms with Crippen molar-refractivity contribution < 1.29 is 19.1 Å². The van der Waals surface area contributed by atoms with Crippen LogP contribution in [0.3, 0.4) is 0 Å². The first-order valence-electron chi connectivity index (χ1n) is 7.60. The van der Waals surface area contributed by atoms with Crippen LogP contribution in [0.15, 0.2) is 36.9 Å². The van der Waals surface area contributed by atoms with Crippen molar-refractivity contribution in [2.24, 2.45) is 0 Å². The molecular weight excluding hydrogens is 345 g/mol. The van der Waals surface area contributed by atoms with Gasteiger partial charge in [0, 0.05) is 6.54 Å². The van der Waals surface area contributed by atoms with Crippen molar-refractivity contribution in [3.8, 4) is 5.75 Å². The van der Waals surface area contributed by atoms with Gasteiger partial charge < -0.3 is 24.8 Å². The zero-order chi connectivity index (χ0) is 17.9. The average Bonchev–Trinajstić information content (AvgIpc) is 2.96. The van der Waals surface area contributed by atoms with Gasteiger partial charge in [-0.15, -0.1) is 0 Å². The van der Waals surface area contributed by atoms with Crippen LogP contribution in [0, 0.1) is 0 Å². The highest BCUT2D eigenvalue weighted by molar-refractivity contribution is 7.50. The van der Waals surface area contributed by atoms with Crippen LogP contribution in [0.4, 0.5) is 5.82 Å². The van der Waals surface area contributed by atoms with Gasteiger partial charge in [0.2, 0.25) is 0 Å². The summed E-state index contributed by atoms with van der Waals surface area (Å²) in [6, 6.07) is 6.70. The van der Waals surface area contributed by atoms with Gasteiger partial charge in [-0.2, -0.15) is 0 Å². The monoisotopic (exact) mass is 363 g/mol. The van der Waals surface area contributed by atoms with Crippen molar-refractivity contribution in [3.05, 3.63) is 42.5 Å². The molecule has 0 bridgehead atoms. The van der Waals surface area contributed by atoms with Crippen LogP contribution in [0.5, 0.6) is 5.75 Å². The summed E-state index contributed by atoms with van der Waals surface area (Å²) in [5.41, 5.74) is 7.60.